The molecule has 0 saturated carbocycles. The lowest BCUT2D eigenvalue weighted by Gasteiger charge is -2.11. The lowest BCUT2D eigenvalue weighted by atomic mass is 10.1. The SMILES string of the molecule is Cc1c(NC(=O)Cc2ccccc2)cccc1S(N)(=O)=O. The van der Waals surface area contributed by atoms with Gasteiger partial charge < -0.3 is 5.32 Å². The van der Waals surface area contributed by atoms with Gasteiger partial charge in [-0.05, 0) is 30.2 Å². The Morgan fingerprint density at radius 1 is 1.10 bits per heavy atom. The van der Waals surface area contributed by atoms with Crippen LogP contribution >= 0.6 is 0 Å². The standard InChI is InChI=1S/C15H16N2O3S/c1-11-13(8-5-9-14(11)21(16,19)20)17-15(18)10-12-6-3-2-4-7-12/h2-9H,10H2,1H3,(H,17,18)(H2,16,19,20). The Balaban J connectivity index is 2.19. The highest BCUT2D eigenvalue weighted by Crippen LogP contribution is 2.22. The van der Waals surface area contributed by atoms with Crippen molar-refractivity contribution in [1.82, 2.24) is 0 Å². The summed E-state index contributed by atoms with van der Waals surface area (Å²) >= 11 is 0. The Morgan fingerprint density at radius 2 is 1.76 bits per heavy atom. The normalized spacial score (nSPS) is 11.1. The third-order valence-electron chi connectivity index (χ3n) is 3.07. The van der Waals surface area contributed by atoms with Crippen molar-refractivity contribution in [3.8, 4) is 0 Å². The third-order valence-corrected chi connectivity index (χ3v) is 4.13. The van der Waals surface area contributed by atoms with E-state index in [2.05, 4.69) is 5.32 Å². The average Bonchev–Trinajstić information content (AvgIpc) is 2.41. The maximum absolute atomic E-state index is 12.0. The molecule has 6 heteroatoms. The summed E-state index contributed by atoms with van der Waals surface area (Å²) in [6.45, 7) is 1.61. The predicted octanol–water partition coefficient (Wildman–Crippen LogP) is 1.82. The summed E-state index contributed by atoms with van der Waals surface area (Å²) in [5, 5.41) is 7.85. The van der Waals surface area contributed by atoms with Crippen LogP contribution in [0.3, 0.4) is 0 Å². The van der Waals surface area contributed by atoms with E-state index < -0.39 is 10.0 Å². The zero-order valence-electron chi connectivity index (χ0n) is 11.5. The van der Waals surface area contributed by atoms with E-state index in [0.717, 1.165) is 5.56 Å². The maximum atomic E-state index is 12.0. The molecule has 21 heavy (non-hydrogen) atoms. The number of amides is 1. The molecule has 0 aromatic heterocycles. The number of nitrogens with two attached hydrogens (primary N) is 1. The molecular weight excluding hydrogens is 288 g/mol. The minimum Gasteiger partial charge on any atom is -0.326 e. The largest absolute Gasteiger partial charge is 0.326 e. The van der Waals surface area contributed by atoms with Gasteiger partial charge in [-0.1, -0.05) is 36.4 Å². The number of hydrogen-bond donors (Lipinski definition) is 2. The van der Waals surface area contributed by atoms with Crippen LogP contribution in [0.25, 0.3) is 0 Å². The summed E-state index contributed by atoms with van der Waals surface area (Å²) in [5.74, 6) is -0.212. The Labute approximate surface area is 123 Å². The van der Waals surface area contributed by atoms with Gasteiger partial charge in [0.15, 0.2) is 0 Å². The van der Waals surface area contributed by atoms with Gasteiger partial charge in [0.2, 0.25) is 15.9 Å². The Bertz CT molecular complexity index is 756. The molecule has 0 aliphatic heterocycles. The van der Waals surface area contributed by atoms with Crippen molar-refractivity contribution in [3.63, 3.8) is 0 Å². The van der Waals surface area contributed by atoms with Gasteiger partial charge in [-0.25, -0.2) is 13.6 Å². The van der Waals surface area contributed by atoms with E-state index in [-0.39, 0.29) is 17.2 Å². The van der Waals surface area contributed by atoms with Gasteiger partial charge in [-0.15, -0.1) is 0 Å². The molecule has 0 radical (unpaired) electrons. The molecule has 2 aromatic rings. The van der Waals surface area contributed by atoms with Gasteiger partial charge in [0.25, 0.3) is 0 Å². The number of carbonyl (C=O) groups is 1. The minimum atomic E-state index is -3.80. The molecule has 110 valence electrons. The van der Waals surface area contributed by atoms with Crippen molar-refractivity contribution in [2.75, 3.05) is 5.32 Å². The van der Waals surface area contributed by atoms with E-state index in [4.69, 9.17) is 5.14 Å². The fraction of sp³-hybridized carbons (Fsp3) is 0.133. The second-order valence-corrected chi connectivity index (χ2v) is 6.21. The highest BCUT2D eigenvalue weighted by molar-refractivity contribution is 7.89. The number of benzene rings is 2. The summed E-state index contributed by atoms with van der Waals surface area (Å²) in [5.41, 5.74) is 1.76. The molecule has 5 nitrogen and oxygen atoms in total. The molecule has 0 atom stereocenters. The first kappa shape index (κ1) is 15.2. The number of rotatable bonds is 4. The van der Waals surface area contributed by atoms with Crippen LogP contribution in [-0.4, -0.2) is 14.3 Å². The molecule has 0 spiro atoms. The molecule has 0 unspecified atom stereocenters. The van der Waals surface area contributed by atoms with E-state index in [1.807, 2.05) is 30.3 Å². The molecular formula is C15H16N2O3S. The second-order valence-electron chi connectivity index (χ2n) is 4.68. The third kappa shape index (κ3) is 3.90. The number of sulfonamides is 1. The van der Waals surface area contributed by atoms with Crippen molar-refractivity contribution in [1.29, 1.82) is 0 Å². The molecule has 1 amide bonds. The Morgan fingerprint density at radius 3 is 2.38 bits per heavy atom. The van der Waals surface area contributed by atoms with E-state index in [1.165, 1.54) is 6.07 Å². The summed E-state index contributed by atoms with van der Waals surface area (Å²) in [4.78, 5) is 12.0. The highest BCUT2D eigenvalue weighted by Gasteiger charge is 2.15. The molecule has 2 rings (SSSR count). The van der Waals surface area contributed by atoms with E-state index in [9.17, 15) is 13.2 Å². The van der Waals surface area contributed by atoms with Gasteiger partial charge in [0, 0.05) is 5.69 Å². The molecule has 0 heterocycles. The molecule has 3 N–H and O–H groups in total. The first-order valence-electron chi connectivity index (χ1n) is 6.34. The molecule has 0 fully saturated rings. The van der Waals surface area contributed by atoms with E-state index in [1.54, 1.807) is 19.1 Å². The van der Waals surface area contributed by atoms with Gasteiger partial charge in [-0.3, -0.25) is 4.79 Å². The highest BCUT2D eigenvalue weighted by atomic mass is 32.2. The van der Waals surface area contributed by atoms with Crippen molar-refractivity contribution in [2.45, 2.75) is 18.2 Å². The predicted molar refractivity (Wildman–Crippen MR) is 81.3 cm³/mol. The minimum absolute atomic E-state index is 0.0139. The van der Waals surface area contributed by atoms with Crippen LogP contribution in [0, 0.1) is 6.92 Å². The van der Waals surface area contributed by atoms with Crippen LogP contribution < -0.4 is 10.5 Å². The average molecular weight is 304 g/mol. The molecule has 0 bridgehead atoms. The van der Waals surface area contributed by atoms with Gasteiger partial charge in [0.05, 0.1) is 11.3 Å². The monoisotopic (exact) mass is 304 g/mol. The quantitative estimate of drug-likeness (QED) is 0.903. The lowest BCUT2D eigenvalue weighted by Crippen LogP contribution is -2.18. The van der Waals surface area contributed by atoms with Crippen molar-refractivity contribution in [2.24, 2.45) is 5.14 Å². The molecule has 2 aromatic carbocycles. The fourth-order valence-corrected chi connectivity index (χ4v) is 2.84. The maximum Gasteiger partial charge on any atom is 0.238 e. The summed E-state index contributed by atoms with van der Waals surface area (Å²) < 4.78 is 22.9. The van der Waals surface area contributed by atoms with Gasteiger partial charge in [0.1, 0.15) is 0 Å². The van der Waals surface area contributed by atoms with Gasteiger partial charge in [-0.2, -0.15) is 0 Å². The van der Waals surface area contributed by atoms with E-state index in [0.29, 0.717) is 11.3 Å². The smallest absolute Gasteiger partial charge is 0.238 e. The van der Waals surface area contributed by atoms with Crippen LogP contribution in [0.1, 0.15) is 11.1 Å². The number of primary sulfonamides is 1. The number of hydrogen-bond acceptors (Lipinski definition) is 3. The Kier molecular flexibility index (Phi) is 4.40. The second kappa shape index (κ2) is 6.07. The number of carbonyl (C=O) groups excluding carboxylic acids is 1. The molecule has 0 aliphatic rings. The van der Waals surface area contributed by atoms with E-state index >= 15 is 0 Å². The zero-order chi connectivity index (χ0) is 15.5. The summed E-state index contributed by atoms with van der Waals surface area (Å²) in [7, 11) is -3.80. The topological polar surface area (TPSA) is 89.3 Å². The van der Waals surface area contributed by atoms with Crippen molar-refractivity contribution in [3.05, 3.63) is 59.7 Å². The fourth-order valence-electron chi connectivity index (χ4n) is 2.03. The van der Waals surface area contributed by atoms with Crippen LogP contribution in [0.4, 0.5) is 5.69 Å². The van der Waals surface area contributed by atoms with Crippen LogP contribution in [0.5, 0.6) is 0 Å². The van der Waals surface area contributed by atoms with Crippen LogP contribution in [0.2, 0.25) is 0 Å². The van der Waals surface area contributed by atoms with Crippen LogP contribution in [0.15, 0.2) is 53.4 Å². The lowest BCUT2D eigenvalue weighted by molar-refractivity contribution is -0.115. The first-order valence-corrected chi connectivity index (χ1v) is 7.89. The van der Waals surface area contributed by atoms with Gasteiger partial charge >= 0.3 is 0 Å². The van der Waals surface area contributed by atoms with Crippen molar-refractivity contribution >= 4 is 21.6 Å². The number of nitrogens with one attached hydrogen (secondary N) is 1. The summed E-state index contributed by atoms with van der Waals surface area (Å²) in [6, 6.07) is 13.9. The zero-order valence-corrected chi connectivity index (χ0v) is 12.4. The first-order chi connectivity index (χ1) is 9.88. The molecule has 0 aliphatic carbocycles. The Hall–Kier alpha value is -2.18. The molecule has 0 saturated heterocycles. The van der Waals surface area contributed by atoms with Crippen LogP contribution in [-0.2, 0) is 21.2 Å². The number of anilines is 1. The van der Waals surface area contributed by atoms with Crippen molar-refractivity contribution < 1.29 is 13.2 Å². The summed E-state index contributed by atoms with van der Waals surface area (Å²) in [6.07, 6.45) is 0.222.